The minimum Gasteiger partial charge on any atom is -0.477 e. The Morgan fingerprint density at radius 2 is 2.00 bits per heavy atom. The van der Waals surface area contributed by atoms with Gasteiger partial charge in [0, 0.05) is 25.0 Å². The first-order chi connectivity index (χ1) is 16.3. The van der Waals surface area contributed by atoms with Gasteiger partial charge < -0.3 is 14.4 Å². The van der Waals surface area contributed by atoms with Crippen LogP contribution in [0.2, 0.25) is 0 Å². The first kappa shape index (κ1) is 23.8. The number of aryl methyl sites for hydroxylation is 1. The van der Waals surface area contributed by atoms with Crippen LogP contribution in [0.25, 0.3) is 16.8 Å². The summed E-state index contributed by atoms with van der Waals surface area (Å²) in [6, 6.07) is 7.37. The van der Waals surface area contributed by atoms with E-state index in [1.165, 1.54) is 0 Å². The number of aliphatic imine (C=N–C) groups is 1. The summed E-state index contributed by atoms with van der Waals surface area (Å²) in [5.41, 5.74) is 2.69. The number of carbonyl (C=O) groups is 1. The van der Waals surface area contributed by atoms with E-state index in [4.69, 9.17) is 9.41 Å². The van der Waals surface area contributed by atoms with Crippen molar-refractivity contribution in [2.45, 2.75) is 59.8 Å². The highest BCUT2D eigenvalue weighted by Gasteiger charge is 2.27. The number of nitrogens with zero attached hydrogens (tertiary/aromatic N) is 3. The molecule has 7 heteroatoms. The maximum absolute atomic E-state index is 13.4. The Labute approximate surface area is 199 Å². The fourth-order valence-corrected chi connectivity index (χ4v) is 4.76. The van der Waals surface area contributed by atoms with Crippen molar-refractivity contribution in [1.29, 1.82) is 0 Å². The van der Waals surface area contributed by atoms with E-state index in [0.717, 1.165) is 61.4 Å². The highest BCUT2D eigenvalue weighted by atomic mass is 16.4. The predicted octanol–water partition coefficient (Wildman–Crippen LogP) is 5.49. The topological polar surface area (TPSA) is 87.5 Å². The summed E-state index contributed by atoms with van der Waals surface area (Å²) in [5, 5.41) is 9.87. The third kappa shape index (κ3) is 4.39. The second kappa shape index (κ2) is 9.87. The number of para-hydroxylation sites is 2. The van der Waals surface area contributed by atoms with Crippen LogP contribution < -0.4 is 5.43 Å². The Kier molecular flexibility index (Phi) is 6.91. The third-order valence-electron chi connectivity index (χ3n) is 6.43. The van der Waals surface area contributed by atoms with E-state index in [0.29, 0.717) is 23.5 Å². The molecule has 1 aliphatic heterocycles. The zero-order valence-electron chi connectivity index (χ0n) is 20.4. The van der Waals surface area contributed by atoms with Gasteiger partial charge in [0.2, 0.25) is 11.1 Å². The summed E-state index contributed by atoms with van der Waals surface area (Å²) in [6.07, 6.45) is 6.10. The van der Waals surface area contributed by atoms with Crippen LogP contribution in [0.1, 0.15) is 75.0 Å². The molecule has 7 nitrogen and oxygen atoms in total. The van der Waals surface area contributed by atoms with E-state index in [-0.39, 0.29) is 11.3 Å². The molecule has 0 radical (unpaired) electrons. The van der Waals surface area contributed by atoms with Crippen molar-refractivity contribution in [3.05, 3.63) is 62.7 Å². The van der Waals surface area contributed by atoms with Crippen molar-refractivity contribution in [1.82, 2.24) is 9.30 Å². The summed E-state index contributed by atoms with van der Waals surface area (Å²) >= 11 is 0. The maximum Gasteiger partial charge on any atom is 0.345 e. The fraction of sp³-hybridized carbons (Fsp3) is 0.444. The van der Waals surface area contributed by atoms with Gasteiger partial charge in [0.25, 0.3) is 0 Å². The molecule has 0 fully saturated rings. The Hall–Kier alpha value is -3.35. The molecule has 0 bridgehead atoms. The normalized spacial score (nSPS) is 17.1. The van der Waals surface area contributed by atoms with Gasteiger partial charge in [-0.15, -0.1) is 0 Å². The lowest BCUT2D eigenvalue weighted by Crippen LogP contribution is -2.28. The number of benzene rings is 1. The number of pyridine rings is 1. The van der Waals surface area contributed by atoms with Gasteiger partial charge in [-0.25, -0.2) is 9.79 Å². The molecular formula is C27H33N3O4. The molecule has 1 aromatic carbocycles. The molecule has 0 saturated carbocycles. The van der Waals surface area contributed by atoms with Gasteiger partial charge >= 0.3 is 5.97 Å². The van der Waals surface area contributed by atoms with Crippen molar-refractivity contribution < 1.29 is 14.3 Å². The number of carboxylic acids is 1. The number of allylic oxidation sites excluding steroid dienone is 1. The lowest BCUT2D eigenvalue weighted by Gasteiger charge is -2.27. The average molecular weight is 464 g/mol. The number of fused-ring (bicyclic) bond motifs is 5. The molecule has 180 valence electrons. The van der Waals surface area contributed by atoms with Crippen LogP contribution in [0.3, 0.4) is 0 Å². The summed E-state index contributed by atoms with van der Waals surface area (Å²) in [6.45, 7) is 10.5. The highest BCUT2D eigenvalue weighted by Crippen LogP contribution is 2.28. The van der Waals surface area contributed by atoms with Gasteiger partial charge in [-0.2, -0.15) is 0 Å². The van der Waals surface area contributed by atoms with Crippen molar-refractivity contribution in [2.24, 2.45) is 10.9 Å². The summed E-state index contributed by atoms with van der Waals surface area (Å²) in [7, 11) is 0. The van der Waals surface area contributed by atoms with Crippen LogP contribution >= 0.6 is 0 Å². The molecule has 1 N–H and O–H groups in total. The van der Waals surface area contributed by atoms with Crippen LogP contribution in [-0.2, 0) is 6.42 Å². The van der Waals surface area contributed by atoms with Crippen LogP contribution in [0.15, 0.2) is 49.9 Å². The first-order valence-electron chi connectivity index (χ1n) is 12.1. The predicted molar refractivity (Wildman–Crippen MR) is 135 cm³/mol. The van der Waals surface area contributed by atoms with Crippen molar-refractivity contribution in [2.75, 3.05) is 13.1 Å². The largest absolute Gasteiger partial charge is 0.477 e. The highest BCUT2D eigenvalue weighted by molar-refractivity contribution is 5.98. The molecule has 2 aromatic heterocycles. The minimum atomic E-state index is -1.30. The number of hydrogen-bond donors (Lipinski definition) is 1. The van der Waals surface area contributed by atoms with Crippen molar-refractivity contribution in [3.8, 4) is 0 Å². The SMILES string of the molecule is CCCN(CCCC(C)C)C1=C(/C)CCc2c(c(=O)c(C(=O)O)c3oc4ccccc4n23)/C=N\1. The molecule has 0 aliphatic carbocycles. The zero-order chi connectivity index (χ0) is 24.4. The number of carboxylic acid groups (broad SMARTS) is 1. The zero-order valence-corrected chi connectivity index (χ0v) is 20.4. The average Bonchev–Trinajstić information content (AvgIpc) is 3.15. The number of aromatic nitrogens is 1. The first-order valence-corrected chi connectivity index (χ1v) is 12.1. The van der Waals surface area contributed by atoms with Crippen molar-refractivity contribution in [3.63, 3.8) is 0 Å². The fourth-order valence-electron chi connectivity index (χ4n) is 4.76. The standard InChI is InChI=1S/C27H33N3O4/c1-5-14-29(15-8-9-17(2)3)25-18(4)12-13-20-19(16-28-25)24(31)23(27(32)33)26-30(20)21-10-6-7-11-22(21)34-26/h6-7,10-11,16-17H,5,8-9,12-15H2,1-4H3,(H,32,33)/b25-18-,28-16-. The van der Waals surface area contributed by atoms with Gasteiger partial charge in [0.1, 0.15) is 5.82 Å². The van der Waals surface area contributed by atoms with E-state index in [1.807, 2.05) is 18.2 Å². The molecule has 0 unspecified atom stereocenters. The molecule has 0 spiro atoms. The maximum atomic E-state index is 13.4. The van der Waals surface area contributed by atoms with Crippen LogP contribution in [0.5, 0.6) is 0 Å². The van der Waals surface area contributed by atoms with Gasteiger partial charge in [-0.05, 0) is 62.7 Å². The smallest absolute Gasteiger partial charge is 0.345 e. The van der Waals surface area contributed by atoms with E-state index in [9.17, 15) is 14.7 Å². The molecule has 4 rings (SSSR count). The number of aromatic carboxylic acids is 1. The summed E-state index contributed by atoms with van der Waals surface area (Å²) in [5.74, 6) is 0.246. The molecule has 34 heavy (non-hydrogen) atoms. The van der Waals surface area contributed by atoms with Gasteiger partial charge in [-0.1, -0.05) is 32.9 Å². The van der Waals surface area contributed by atoms with E-state index in [1.54, 1.807) is 16.7 Å². The van der Waals surface area contributed by atoms with Crippen molar-refractivity contribution >= 4 is 29.0 Å². The third-order valence-corrected chi connectivity index (χ3v) is 6.43. The lowest BCUT2D eigenvalue weighted by atomic mass is 10.0. The Morgan fingerprint density at radius 3 is 2.71 bits per heavy atom. The quantitative estimate of drug-likeness (QED) is 0.477. The molecular weight excluding hydrogens is 430 g/mol. The molecule has 0 saturated heterocycles. The molecule has 0 atom stereocenters. The summed E-state index contributed by atoms with van der Waals surface area (Å²) in [4.78, 5) is 32.6. The Bertz CT molecular complexity index is 1340. The Morgan fingerprint density at radius 1 is 1.24 bits per heavy atom. The van der Waals surface area contributed by atoms with Gasteiger partial charge in [0.05, 0.1) is 11.1 Å². The molecule has 3 aromatic rings. The summed E-state index contributed by atoms with van der Waals surface area (Å²) < 4.78 is 7.65. The number of hydrogen-bond acceptors (Lipinski definition) is 5. The van der Waals surface area contributed by atoms with Crippen LogP contribution in [-0.4, -0.2) is 39.7 Å². The van der Waals surface area contributed by atoms with E-state index in [2.05, 4.69) is 32.6 Å². The lowest BCUT2D eigenvalue weighted by molar-refractivity contribution is 0.0696. The second-order valence-electron chi connectivity index (χ2n) is 9.47. The van der Waals surface area contributed by atoms with Crippen LogP contribution in [0.4, 0.5) is 0 Å². The number of rotatable bonds is 8. The number of oxazole rings is 1. The molecule has 1 aliphatic rings. The monoisotopic (exact) mass is 463 g/mol. The van der Waals surface area contributed by atoms with E-state index < -0.39 is 11.4 Å². The second-order valence-corrected chi connectivity index (χ2v) is 9.47. The van der Waals surface area contributed by atoms with Gasteiger partial charge in [-0.3, -0.25) is 9.20 Å². The Balaban J connectivity index is 1.86. The molecule has 3 heterocycles. The van der Waals surface area contributed by atoms with Gasteiger partial charge in [0.15, 0.2) is 11.1 Å². The molecule has 0 amide bonds. The van der Waals surface area contributed by atoms with E-state index >= 15 is 0 Å². The van der Waals surface area contributed by atoms with Crippen LogP contribution in [0, 0.1) is 5.92 Å². The minimum absolute atomic E-state index is 0.0783.